The Morgan fingerprint density at radius 3 is 2.80 bits per heavy atom. The highest BCUT2D eigenvalue weighted by Gasteiger charge is 2.01. The average molecular weight is 266 g/mol. The van der Waals surface area contributed by atoms with Crippen LogP contribution in [0.5, 0.6) is 0 Å². The van der Waals surface area contributed by atoms with Gasteiger partial charge in [0.2, 0.25) is 0 Å². The van der Waals surface area contributed by atoms with Crippen LogP contribution < -0.4 is 5.73 Å². The lowest BCUT2D eigenvalue weighted by atomic mass is 10.2. The van der Waals surface area contributed by atoms with Gasteiger partial charge in [0.25, 0.3) is 0 Å². The minimum Gasteiger partial charge on any atom is -0.326 e. The fourth-order valence-electron chi connectivity index (χ4n) is 1.44. The van der Waals surface area contributed by atoms with Crippen molar-refractivity contribution in [2.45, 2.75) is 13.5 Å². The SMILES string of the molecule is Cc1ccn(-c2cc(Br)cc(CN)c2)n1. The van der Waals surface area contributed by atoms with E-state index in [4.69, 9.17) is 5.73 Å². The zero-order valence-electron chi connectivity index (χ0n) is 8.44. The fraction of sp³-hybridized carbons (Fsp3) is 0.182. The van der Waals surface area contributed by atoms with E-state index in [0.29, 0.717) is 6.54 Å². The molecule has 2 rings (SSSR count). The Labute approximate surface area is 97.0 Å². The Bertz CT molecular complexity index is 476. The first-order valence-corrected chi connectivity index (χ1v) is 5.50. The van der Waals surface area contributed by atoms with Gasteiger partial charge in [0.05, 0.1) is 11.4 Å². The summed E-state index contributed by atoms with van der Waals surface area (Å²) in [6.07, 6.45) is 1.94. The summed E-state index contributed by atoms with van der Waals surface area (Å²) in [6, 6.07) is 8.05. The maximum Gasteiger partial charge on any atom is 0.0660 e. The number of rotatable bonds is 2. The topological polar surface area (TPSA) is 43.8 Å². The number of hydrogen-bond donors (Lipinski definition) is 1. The van der Waals surface area contributed by atoms with Gasteiger partial charge in [-0.25, -0.2) is 4.68 Å². The average Bonchev–Trinajstić information content (AvgIpc) is 2.64. The van der Waals surface area contributed by atoms with Gasteiger partial charge in [0.1, 0.15) is 0 Å². The molecule has 1 heterocycles. The van der Waals surface area contributed by atoms with Crippen molar-refractivity contribution in [2.24, 2.45) is 5.73 Å². The van der Waals surface area contributed by atoms with Crippen LogP contribution in [0, 0.1) is 6.92 Å². The number of hydrogen-bond acceptors (Lipinski definition) is 2. The second-order valence-corrected chi connectivity index (χ2v) is 4.34. The van der Waals surface area contributed by atoms with Gasteiger partial charge in [-0.2, -0.15) is 5.10 Å². The first-order chi connectivity index (χ1) is 7.19. The van der Waals surface area contributed by atoms with Crippen LogP contribution >= 0.6 is 15.9 Å². The summed E-state index contributed by atoms with van der Waals surface area (Å²) in [6.45, 7) is 2.50. The molecule has 0 unspecified atom stereocenters. The van der Waals surface area contributed by atoms with Gasteiger partial charge in [-0.1, -0.05) is 15.9 Å². The first kappa shape index (κ1) is 10.4. The minimum absolute atomic E-state index is 0.534. The molecule has 0 aliphatic heterocycles. The van der Waals surface area contributed by atoms with Crippen LogP contribution in [-0.2, 0) is 6.54 Å². The highest BCUT2D eigenvalue weighted by Crippen LogP contribution is 2.18. The maximum absolute atomic E-state index is 5.62. The van der Waals surface area contributed by atoms with E-state index in [9.17, 15) is 0 Å². The van der Waals surface area contributed by atoms with Crippen molar-refractivity contribution >= 4 is 15.9 Å². The second kappa shape index (κ2) is 4.16. The van der Waals surface area contributed by atoms with E-state index in [2.05, 4.69) is 21.0 Å². The molecule has 0 radical (unpaired) electrons. The Kier molecular flexibility index (Phi) is 2.88. The summed E-state index contributed by atoms with van der Waals surface area (Å²) in [5, 5.41) is 4.35. The van der Waals surface area contributed by atoms with Crippen LogP contribution in [0.15, 0.2) is 34.9 Å². The standard InChI is InChI=1S/C11H12BrN3/c1-8-2-3-15(14-8)11-5-9(7-13)4-10(12)6-11/h2-6H,7,13H2,1H3. The van der Waals surface area contributed by atoms with Gasteiger partial charge in [0, 0.05) is 17.2 Å². The summed E-state index contributed by atoms with van der Waals surface area (Å²) in [5.74, 6) is 0. The molecule has 0 aliphatic carbocycles. The number of aryl methyl sites for hydroxylation is 1. The van der Waals surface area contributed by atoms with E-state index in [1.807, 2.05) is 42.1 Å². The number of nitrogens with zero attached hydrogens (tertiary/aromatic N) is 2. The molecular formula is C11H12BrN3. The van der Waals surface area contributed by atoms with Gasteiger partial charge in [0.15, 0.2) is 0 Å². The fourth-order valence-corrected chi connectivity index (χ4v) is 1.97. The molecule has 0 aliphatic rings. The Hall–Kier alpha value is -1.13. The summed E-state index contributed by atoms with van der Waals surface area (Å²) in [5.41, 5.74) is 8.74. The van der Waals surface area contributed by atoms with Crippen molar-refractivity contribution < 1.29 is 0 Å². The predicted octanol–water partition coefficient (Wildman–Crippen LogP) is 2.40. The van der Waals surface area contributed by atoms with Crippen molar-refractivity contribution in [3.63, 3.8) is 0 Å². The van der Waals surface area contributed by atoms with Crippen LogP contribution in [0.4, 0.5) is 0 Å². The van der Waals surface area contributed by atoms with Gasteiger partial charge in [-0.3, -0.25) is 0 Å². The van der Waals surface area contributed by atoms with E-state index in [1.165, 1.54) is 0 Å². The minimum atomic E-state index is 0.534. The summed E-state index contributed by atoms with van der Waals surface area (Å²) >= 11 is 3.46. The Morgan fingerprint density at radius 1 is 1.40 bits per heavy atom. The van der Waals surface area contributed by atoms with Crippen LogP contribution in [0.1, 0.15) is 11.3 Å². The van der Waals surface area contributed by atoms with Crippen molar-refractivity contribution in [1.29, 1.82) is 0 Å². The van der Waals surface area contributed by atoms with Crippen LogP contribution in [0.25, 0.3) is 5.69 Å². The normalized spacial score (nSPS) is 10.6. The van der Waals surface area contributed by atoms with Gasteiger partial charge in [-0.15, -0.1) is 0 Å². The molecule has 0 saturated heterocycles. The highest BCUT2D eigenvalue weighted by molar-refractivity contribution is 9.10. The third kappa shape index (κ3) is 2.27. The predicted molar refractivity (Wildman–Crippen MR) is 63.9 cm³/mol. The molecule has 0 saturated carbocycles. The molecule has 0 bridgehead atoms. The van der Waals surface area contributed by atoms with Crippen LogP contribution in [-0.4, -0.2) is 9.78 Å². The zero-order valence-corrected chi connectivity index (χ0v) is 10.0. The highest BCUT2D eigenvalue weighted by atomic mass is 79.9. The summed E-state index contributed by atoms with van der Waals surface area (Å²) in [7, 11) is 0. The molecule has 2 aromatic rings. The summed E-state index contributed by atoms with van der Waals surface area (Å²) in [4.78, 5) is 0. The first-order valence-electron chi connectivity index (χ1n) is 4.71. The number of benzene rings is 1. The lowest BCUT2D eigenvalue weighted by molar-refractivity contribution is 0.858. The van der Waals surface area contributed by atoms with Crippen molar-refractivity contribution in [2.75, 3.05) is 0 Å². The molecule has 0 amide bonds. The lowest BCUT2D eigenvalue weighted by Gasteiger charge is -2.05. The van der Waals surface area contributed by atoms with Crippen molar-refractivity contribution in [3.8, 4) is 5.69 Å². The van der Waals surface area contributed by atoms with Crippen LogP contribution in [0.2, 0.25) is 0 Å². The molecular weight excluding hydrogens is 254 g/mol. The molecule has 15 heavy (non-hydrogen) atoms. The van der Waals surface area contributed by atoms with E-state index >= 15 is 0 Å². The summed E-state index contributed by atoms with van der Waals surface area (Å²) < 4.78 is 2.87. The zero-order chi connectivity index (χ0) is 10.8. The molecule has 4 heteroatoms. The van der Waals surface area contributed by atoms with Crippen LogP contribution in [0.3, 0.4) is 0 Å². The molecule has 3 nitrogen and oxygen atoms in total. The maximum atomic E-state index is 5.62. The molecule has 0 fully saturated rings. The monoisotopic (exact) mass is 265 g/mol. The van der Waals surface area contributed by atoms with Crippen molar-refractivity contribution in [3.05, 3.63) is 46.2 Å². The Balaban J connectivity index is 2.48. The largest absolute Gasteiger partial charge is 0.326 e. The number of aromatic nitrogens is 2. The van der Waals surface area contributed by atoms with E-state index in [0.717, 1.165) is 21.4 Å². The van der Waals surface area contributed by atoms with E-state index in [1.54, 1.807) is 0 Å². The lowest BCUT2D eigenvalue weighted by Crippen LogP contribution is -2.00. The quantitative estimate of drug-likeness (QED) is 0.907. The molecule has 0 atom stereocenters. The van der Waals surface area contributed by atoms with Gasteiger partial charge >= 0.3 is 0 Å². The molecule has 1 aromatic carbocycles. The molecule has 0 spiro atoms. The Morgan fingerprint density at radius 2 is 2.20 bits per heavy atom. The van der Waals surface area contributed by atoms with Gasteiger partial charge < -0.3 is 5.73 Å². The second-order valence-electron chi connectivity index (χ2n) is 3.42. The third-order valence-corrected chi connectivity index (χ3v) is 2.62. The van der Waals surface area contributed by atoms with Gasteiger partial charge in [-0.05, 0) is 36.8 Å². The molecule has 1 aromatic heterocycles. The number of nitrogens with two attached hydrogens (primary N) is 1. The van der Waals surface area contributed by atoms with Crippen molar-refractivity contribution in [1.82, 2.24) is 9.78 Å². The van der Waals surface area contributed by atoms with E-state index < -0.39 is 0 Å². The molecule has 78 valence electrons. The third-order valence-electron chi connectivity index (χ3n) is 2.16. The number of halogens is 1. The van der Waals surface area contributed by atoms with E-state index in [-0.39, 0.29) is 0 Å². The smallest absolute Gasteiger partial charge is 0.0660 e. The molecule has 2 N–H and O–H groups in total.